The molecule has 2 aliphatic carbocycles. The van der Waals surface area contributed by atoms with Crippen molar-refractivity contribution in [2.24, 2.45) is 17.8 Å². The molecule has 3 saturated heterocycles. The van der Waals surface area contributed by atoms with Crippen LogP contribution in [0, 0.1) is 17.8 Å². The van der Waals surface area contributed by atoms with E-state index in [2.05, 4.69) is 14.6 Å². The Balaban J connectivity index is 1.36. The minimum absolute atomic E-state index is 0.0926. The number of carbonyl (C=O) groups is 1. The smallest absolute Gasteiger partial charge is 0.387 e. The van der Waals surface area contributed by atoms with E-state index in [0.29, 0.717) is 41.0 Å². The Morgan fingerprint density at radius 3 is 2.56 bits per heavy atom. The minimum Gasteiger partial charge on any atom is -0.431 e. The lowest BCUT2D eigenvalue weighted by molar-refractivity contribution is -0.128. The first kappa shape index (κ1) is 19.6. The molecule has 2 aromatic rings. The van der Waals surface area contributed by atoms with Gasteiger partial charge >= 0.3 is 6.61 Å². The molecule has 0 spiro atoms. The lowest BCUT2D eigenvalue weighted by atomic mass is 9.86. The van der Waals surface area contributed by atoms with E-state index in [9.17, 15) is 13.6 Å². The maximum Gasteiger partial charge on any atom is 0.387 e. The lowest BCUT2D eigenvalue weighted by Gasteiger charge is -2.26. The normalized spacial score (nSPS) is 29.8. The molecule has 5 heterocycles. The predicted octanol–water partition coefficient (Wildman–Crippen LogP) is 2.51. The molecule has 2 saturated carbocycles. The zero-order valence-electron chi connectivity index (χ0n) is 17.6. The molecule has 7 rings (SSSR count). The van der Waals surface area contributed by atoms with E-state index >= 15 is 0 Å². The molecule has 5 fully saturated rings. The second-order valence-corrected chi connectivity index (χ2v) is 9.39. The van der Waals surface area contributed by atoms with E-state index in [0.717, 1.165) is 25.3 Å². The molecule has 2 atom stereocenters. The molecule has 2 N–H and O–H groups in total. The Bertz CT molecular complexity index is 1080. The summed E-state index contributed by atoms with van der Waals surface area (Å²) in [5.41, 5.74) is 7.84. The van der Waals surface area contributed by atoms with Crippen molar-refractivity contribution >= 4 is 17.7 Å². The molecular weight excluding hydrogens is 418 g/mol. The minimum atomic E-state index is -2.99. The van der Waals surface area contributed by atoms with Gasteiger partial charge in [-0.15, -0.1) is 0 Å². The first-order valence-electron chi connectivity index (χ1n) is 11.0. The van der Waals surface area contributed by atoms with Crippen LogP contribution in [-0.2, 0) is 4.79 Å². The molecule has 0 radical (unpaired) electrons. The van der Waals surface area contributed by atoms with Gasteiger partial charge < -0.3 is 20.3 Å². The fraction of sp³-hybridized carbons (Fsp3) is 0.545. The second kappa shape index (κ2) is 6.98. The first-order chi connectivity index (χ1) is 15.4. The molecule has 2 bridgehead atoms. The first-order valence-corrected chi connectivity index (χ1v) is 11.0. The van der Waals surface area contributed by atoms with Gasteiger partial charge in [-0.3, -0.25) is 4.79 Å². The molecule has 0 aromatic carbocycles. The van der Waals surface area contributed by atoms with Gasteiger partial charge in [-0.2, -0.15) is 8.78 Å². The molecule has 5 aliphatic rings. The highest BCUT2D eigenvalue weighted by molar-refractivity contribution is 5.74. The number of carbonyl (C=O) groups excluding carboxylic acids is 1. The zero-order chi connectivity index (χ0) is 22.1. The zero-order valence-corrected chi connectivity index (χ0v) is 17.6. The third-order valence-electron chi connectivity index (χ3n) is 7.47. The number of amides is 1. The lowest BCUT2D eigenvalue weighted by Crippen LogP contribution is -2.30. The average molecular weight is 442 g/mol. The predicted molar refractivity (Wildman–Crippen MR) is 112 cm³/mol. The van der Waals surface area contributed by atoms with E-state index in [1.165, 1.54) is 25.1 Å². The van der Waals surface area contributed by atoms with Gasteiger partial charge in [0, 0.05) is 50.3 Å². The summed E-state index contributed by atoms with van der Waals surface area (Å²) in [5.74, 6) is 2.33. The Morgan fingerprint density at radius 1 is 1.19 bits per heavy atom. The Hall–Kier alpha value is -3.04. The average Bonchev–Trinajstić information content (AvgIpc) is 3.15. The topological polar surface area (TPSA) is 97.5 Å². The van der Waals surface area contributed by atoms with Crippen LogP contribution in [0.5, 0.6) is 5.75 Å². The number of nitrogen functional groups attached to an aromatic ring is 1. The standard InChI is InChI=1S/C22H24F2N6O2/c1-10(31)29-8-14-15(9-29)19(14)17-5-16(12-4-18(32-21(23)24)20(25)26-6-12)27-22(28-17)30-7-11-2-13(30)3-11/h4-6,11,13-15,19,21H,2-3,7-9H2,1H3,(H2,25,26). The third kappa shape index (κ3) is 3.15. The molecule has 1 amide bonds. The molecule has 10 heteroatoms. The SMILES string of the molecule is CC(=O)N1CC2C(C1)C2c1cc(-c2cnc(N)c(OC(F)F)c2)nc(N2CC3CC2C3)n1. The highest BCUT2D eigenvalue weighted by Crippen LogP contribution is 2.58. The number of pyridine rings is 1. The molecule has 3 aliphatic heterocycles. The van der Waals surface area contributed by atoms with Crippen LogP contribution in [0.3, 0.4) is 0 Å². The number of hydrogen-bond donors (Lipinski definition) is 1. The number of aromatic nitrogens is 3. The fourth-order valence-corrected chi connectivity index (χ4v) is 5.68. The number of anilines is 2. The number of nitrogens with zero attached hydrogens (tertiary/aromatic N) is 5. The maximum atomic E-state index is 12.8. The number of piperidine rings is 1. The highest BCUT2D eigenvalue weighted by atomic mass is 19.3. The van der Waals surface area contributed by atoms with Crippen molar-refractivity contribution in [1.29, 1.82) is 0 Å². The number of alkyl halides is 2. The van der Waals surface area contributed by atoms with Crippen LogP contribution in [0.15, 0.2) is 18.3 Å². The molecule has 168 valence electrons. The molecule has 2 unspecified atom stereocenters. The van der Waals surface area contributed by atoms with Gasteiger partial charge in [0.05, 0.1) is 11.4 Å². The number of nitrogens with two attached hydrogens (primary N) is 1. The van der Waals surface area contributed by atoms with Crippen molar-refractivity contribution < 1.29 is 18.3 Å². The number of ether oxygens (including phenoxy) is 1. The van der Waals surface area contributed by atoms with Crippen LogP contribution in [-0.4, -0.2) is 58.0 Å². The molecule has 2 aromatic heterocycles. The number of rotatable bonds is 5. The summed E-state index contributed by atoms with van der Waals surface area (Å²) in [5, 5.41) is 0. The van der Waals surface area contributed by atoms with Gasteiger partial charge in [0.25, 0.3) is 0 Å². The fourth-order valence-electron chi connectivity index (χ4n) is 5.68. The summed E-state index contributed by atoms with van der Waals surface area (Å²) in [4.78, 5) is 29.6. The van der Waals surface area contributed by atoms with E-state index < -0.39 is 6.61 Å². The quantitative estimate of drug-likeness (QED) is 0.760. The van der Waals surface area contributed by atoms with Crippen LogP contribution in [0.2, 0.25) is 0 Å². The molecular formula is C22H24F2N6O2. The van der Waals surface area contributed by atoms with Gasteiger partial charge in [-0.1, -0.05) is 0 Å². The van der Waals surface area contributed by atoms with Crippen LogP contribution < -0.4 is 15.4 Å². The summed E-state index contributed by atoms with van der Waals surface area (Å²) in [7, 11) is 0. The van der Waals surface area contributed by atoms with E-state index in [-0.39, 0.29) is 23.4 Å². The maximum absolute atomic E-state index is 12.8. The number of hydrogen-bond acceptors (Lipinski definition) is 7. The number of fused-ring (bicyclic) bond motifs is 2. The van der Waals surface area contributed by atoms with E-state index in [1.807, 2.05) is 11.0 Å². The van der Waals surface area contributed by atoms with Crippen LogP contribution >= 0.6 is 0 Å². The Morgan fingerprint density at radius 2 is 1.94 bits per heavy atom. The van der Waals surface area contributed by atoms with Crippen molar-refractivity contribution in [3.8, 4) is 17.0 Å². The van der Waals surface area contributed by atoms with Crippen molar-refractivity contribution in [2.45, 2.75) is 38.3 Å². The number of halogens is 2. The Labute approximate surface area is 183 Å². The number of likely N-dealkylation sites (tertiary alicyclic amines) is 1. The molecule has 32 heavy (non-hydrogen) atoms. The second-order valence-electron chi connectivity index (χ2n) is 9.39. The van der Waals surface area contributed by atoms with Crippen molar-refractivity contribution in [2.75, 3.05) is 30.3 Å². The van der Waals surface area contributed by atoms with Gasteiger partial charge in [-0.25, -0.2) is 15.0 Å². The summed E-state index contributed by atoms with van der Waals surface area (Å²) in [6, 6.07) is 3.85. The summed E-state index contributed by atoms with van der Waals surface area (Å²) in [6.45, 7) is 1.07. The summed E-state index contributed by atoms with van der Waals surface area (Å²) in [6.07, 6.45) is 3.86. The van der Waals surface area contributed by atoms with E-state index in [1.54, 1.807) is 6.92 Å². The van der Waals surface area contributed by atoms with Crippen LogP contribution in [0.1, 0.15) is 31.4 Å². The monoisotopic (exact) mass is 442 g/mol. The van der Waals surface area contributed by atoms with E-state index in [4.69, 9.17) is 15.7 Å². The van der Waals surface area contributed by atoms with Crippen molar-refractivity contribution in [3.63, 3.8) is 0 Å². The third-order valence-corrected chi connectivity index (χ3v) is 7.47. The van der Waals surface area contributed by atoms with Gasteiger partial charge in [0.2, 0.25) is 11.9 Å². The van der Waals surface area contributed by atoms with Crippen LogP contribution in [0.25, 0.3) is 11.3 Å². The molecule has 8 nitrogen and oxygen atoms in total. The van der Waals surface area contributed by atoms with Crippen molar-refractivity contribution in [3.05, 3.63) is 24.0 Å². The largest absolute Gasteiger partial charge is 0.431 e. The van der Waals surface area contributed by atoms with Gasteiger partial charge in [0.15, 0.2) is 11.6 Å². The van der Waals surface area contributed by atoms with Gasteiger partial charge in [0.1, 0.15) is 0 Å². The summed E-state index contributed by atoms with van der Waals surface area (Å²) < 4.78 is 30.1. The Kier molecular flexibility index (Phi) is 4.28. The van der Waals surface area contributed by atoms with Crippen LogP contribution in [0.4, 0.5) is 20.5 Å². The van der Waals surface area contributed by atoms with Crippen molar-refractivity contribution in [1.82, 2.24) is 19.9 Å². The highest BCUT2D eigenvalue weighted by Gasteiger charge is 2.58. The summed E-state index contributed by atoms with van der Waals surface area (Å²) >= 11 is 0. The van der Waals surface area contributed by atoms with Gasteiger partial charge in [-0.05, 0) is 42.7 Å².